The van der Waals surface area contributed by atoms with Crippen molar-refractivity contribution < 1.29 is 0 Å². The third kappa shape index (κ3) is 3.35. The highest BCUT2D eigenvalue weighted by atomic mass is 15.1. The van der Waals surface area contributed by atoms with Crippen LogP contribution in [0.15, 0.2) is 60.9 Å². The van der Waals surface area contributed by atoms with Gasteiger partial charge in [0, 0.05) is 28.0 Å². The number of fused-ring (bicyclic) bond motifs is 11. The van der Waals surface area contributed by atoms with Crippen molar-refractivity contribution in [2.24, 2.45) is 0 Å². The Morgan fingerprint density at radius 3 is 2.15 bits per heavy atom. The molecule has 3 aromatic heterocycles. The number of aryl methyl sites for hydroxylation is 2. The highest BCUT2D eigenvalue weighted by Crippen LogP contribution is 2.40. The Morgan fingerprint density at radius 2 is 1.32 bits per heavy atom. The summed E-state index contributed by atoms with van der Waals surface area (Å²) < 4.78 is 0. The molecule has 0 saturated carbocycles. The highest BCUT2D eigenvalue weighted by Gasteiger charge is 2.22. The van der Waals surface area contributed by atoms with Crippen LogP contribution >= 0.6 is 0 Å². The number of benzene rings is 4. The van der Waals surface area contributed by atoms with Crippen LogP contribution in [0.5, 0.6) is 0 Å². The first-order chi connectivity index (χ1) is 19.5. The molecule has 0 saturated heterocycles. The van der Waals surface area contributed by atoms with Crippen molar-refractivity contribution in [1.29, 1.82) is 0 Å². The summed E-state index contributed by atoms with van der Waals surface area (Å²) in [7, 11) is 0. The quantitative estimate of drug-likeness (QED) is 0.229. The molecule has 0 aliphatic heterocycles. The summed E-state index contributed by atoms with van der Waals surface area (Å²) >= 11 is 0. The largest absolute Gasteiger partial charge is 0.342 e. The molecule has 196 valence electrons. The zero-order valence-corrected chi connectivity index (χ0v) is 23.1. The van der Waals surface area contributed by atoms with Crippen molar-refractivity contribution in [3.63, 3.8) is 0 Å². The molecule has 7 aromatic rings. The van der Waals surface area contributed by atoms with E-state index in [2.05, 4.69) is 96.4 Å². The van der Waals surface area contributed by atoms with E-state index in [1.54, 1.807) is 0 Å². The van der Waals surface area contributed by atoms with Gasteiger partial charge in [-0.2, -0.15) is 10.2 Å². The van der Waals surface area contributed by atoms with E-state index in [1.807, 2.05) is 12.4 Å². The van der Waals surface area contributed by atoms with Gasteiger partial charge in [0.15, 0.2) is 0 Å². The number of aromatic amines is 2. The summed E-state index contributed by atoms with van der Waals surface area (Å²) in [4.78, 5) is 17.0. The summed E-state index contributed by atoms with van der Waals surface area (Å²) in [6, 6.07) is 18.1. The van der Waals surface area contributed by atoms with Crippen LogP contribution in [-0.2, 0) is 12.8 Å². The summed E-state index contributed by atoms with van der Waals surface area (Å²) in [5.41, 5.74) is 12.1. The molecule has 0 bridgehead atoms. The fourth-order valence-corrected chi connectivity index (χ4v) is 6.38. The monoisotopic (exact) mass is 522 g/mol. The van der Waals surface area contributed by atoms with E-state index in [1.165, 1.54) is 38.8 Å². The lowest BCUT2D eigenvalue weighted by molar-refractivity contribution is 0.798. The molecule has 6 heteroatoms. The fraction of sp³-hybridized carbons (Fsp3) is 0.235. The molecule has 3 heterocycles. The van der Waals surface area contributed by atoms with Gasteiger partial charge >= 0.3 is 0 Å². The lowest BCUT2D eigenvalue weighted by atomic mass is 9.83. The minimum atomic E-state index is 0.313. The second kappa shape index (κ2) is 8.46. The zero-order chi connectivity index (χ0) is 27.1. The van der Waals surface area contributed by atoms with Crippen LogP contribution in [0.25, 0.3) is 65.9 Å². The number of imidazole rings is 2. The molecule has 2 N–H and O–H groups in total. The number of aromatic nitrogens is 6. The summed E-state index contributed by atoms with van der Waals surface area (Å²) in [5, 5.41) is 12.9. The SMILES string of the molecule is CC(C)c1nc2c3c(ccc2[nH]1)-c1ccc(-c2ccc4c(c2)c2cnncc2c2nc(C(C)C)[nH]c42)cc1CC3. The molecule has 6 nitrogen and oxygen atoms in total. The molecule has 4 aromatic carbocycles. The van der Waals surface area contributed by atoms with Gasteiger partial charge in [0.1, 0.15) is 11.6 Å². The minimum Gasteiger partial charge on any atom is -0.342 e. The van der Waals surface area contributed by atoms with Crippen LogP contribution in [0.2, 0.25) is 0 Å². The van der Waals surface area contributed by atoms with Crippen LogP contribution in [0.1, 0.15) is 62.3 Å². The molecular weight excluding hydrogens is 492 g/mol. The molecule has 1 aliphatic carbocycles. The van der Waals surface area contributed by atoms with Crippen LogP contribution in [0.3, 0.4) is 0 Å². The van der Waals surface area contributed by atoms with Crippen molar-refractivity contribution in [3.8, 4) is 22.3 Å². The maximum absolute atomic E-state index is 4.98. The standard InChI is InChI=1S/C34H30N6/c1-17(2)33-37-29-12-11-23-22-8-5-19(13-21(22)7-10-24(23)30(29)38-33)20-6-9-25-26(14-20)27-15-35-36-16-28(27)32-31(25)39-34(40-32)18(3)4/h5-6,8-9,11-18H,7,10H2,1-4H3,(H,37,38)(H,39,40). The molecule has 0 fully saturated rings. The number of rotatable bonds is 3. The molecular formula is C34H30N6. The van der Waals surface area contributed by atoms with Crippen LogP contribution in [-0.4, -0.2) is 30.1 Å². The van der Waals surface area contributed by atoms with E-state index in [0.29, 0.717) is 11.8 Å². The Kier molecular flexibility index (Phi) is 4.93. The fourth-order valence-electron chi connectivity index (χ4n) is 6.38. The molecule has 0 spiro atoms. The van der Waals surface area contributed by atoms with E-state index in [0.717, 1.165) is 62.7 Å². The Hall–Kier alpha value is -4.58. The summed E-state index contributed by atoms with van der Waals surface area (Å²) in [5.74, 6) is 2.75. The Balaban J connectivity index is 1.27. The van der Waals surface area contributed by atoms with Crippen molar-refractivity contribution in [1.82, 2.24) is 30.1 Å². The molecule has 0 amide bonds. The van der Waals surface area contributed by atoms with Crippen LogP contribution in [0, 0.1) is 0 Å². The first-order valence-corrected chi connectivity index (χ1v) is 14.2. The number of hydrogen-bond donors (Lipinski definition) is 2. The molecule has 40 heavy (non-hydrogen) atoms. The van der Waals surface area contributed by atoms with Gasteiger partial charge in [0.05, 0.1) is 34.5 Å². The lowest BCUT2D eigenvalue weighted by Gasteiger charge is -2.21. The molecule has 0 radical (unpaired) electrons. The molecule has 0 unspecified atom stereocenters. The smallest absolute Gasteiger partial charge is 0.109 e. The summed E-state index contributed by atoms with van der Waals surface area (Å²) in [6.45, 7) is 8.69. The van der Waals surface area contributed by atoms with Gasteiger partial charge in [-0.15, -0.1) is 0 Å². The minimum absolute atomic E-state index is 0.313. The number of nitrogens with zero attached hydrogens (tertiary/aromatic N) is 4. The summed E-state index contributed by atoms with van der Waals surface area (Å²) in [6.07, 6.45) is 5.72. The Labute approximate surface area is 231 Å². The maximum atomic E-state index is 4.98. The number of H-pyrrole nitrogens is 2. The zero-order valence-electron chi connectivity index (χ0n) is 23.1. The predicted molar refractivity (Wildman–Crippen MR) is 163 cm³/mol. The van der Waals surface area contributed by atoms with Gasteiger partial charge in [0.25, 0.3) is 0 Å². The molecule has 8 rings (SSSR count). The van der Waals surface area contributed by atoms with E-state index in [9.17, 15) is 0 Å². The van der Waals surface area contributed by atoms with E-state index < -0.39 is 0 Å². The average molecular weight is 523 g/mol. The third-order valence-electron chi connectivity index (χ3n) is 8.53. The van der Waals surface area contributed by atoms with Crippen molar-refractivity contribution in [2.45, 2.75) is 52.4 Å². The van der Waals surface area contributed by atoms with Gasteiger partial charge in [0.2, 0.25) is 0 Å². The van der Waals surface area contributed by atoms with Gasteiger partial charge in [-0.05, 0) is 63.7 Å². The van der Waals surface area contributed by atoms with Gasteiger partial charge in [-0.3, -0.25) is 0 Å². The molecule has 1 aliphatic rings. The predicted octanol–water partition coefficient (Wildman–Crippen LogP) is 8.22. The first-order valence-electron chi connectivity index (χ1n) is 14.2. The lowest BCUT2D eigenvalue weighted by Crippen LogP contribution is -2.05. The second-order valence-electron chi connectivity index (χ2n) is 11.7. The van der Waals surface area contributed by atoms with E-state index in [4.69, 9.17) is 9.97 Å². The normalized spacial score (nSPS) is 13.2. The van der Waals surface area contributed by atoms with Crippen LogP contribution < -0.4 is 0 Å². The average Bonchev–Trinajstić information content (AvgIpc) is 3.63. The topological polar surface area (TPSA) is 83.1 Å². The van der Waals surface area contributed by atoms with E-state index >= 15 is 0 Å². The number of nitrogens with one attached hydrogen (secondary N) is 2. The highest BCUT2D eigenvalue weighted by molar-refractivity contribution is 6.23. The number of hydrogen-bond acceptors (Lipinski definition) is 4. The van der Waals surface area contributed by atoms with E-state index in [-0.39, 0.29) is 0 Å². The van der Waals surface area contributed by atoms with Gasteiger partial charge < -0.3 is 9.97 Å². The van der Waals surface area contributed by atoms with Crippen molar-refractivity contribution >= 4 is 43.6 Å². The second-order valence-corrected chi connectivity index (χ2v) is 11.7. The van der Waals surface area contributed by atoms with Crippen LogP contribution in [0.4, 0.5) is 0 Å². The van der Waals surface area contributed by atoms with Gasteiger partial charge in [-0.25, -0.2) is 9.97 Å². The van der Waals surface area contributed by atoms with Crippen molar-refractivity contribution in [2.75, 3.05) is 0 Å². The Morgan fingerprint density at radius 1 is 0.625 bits per heavy atom. The Bertz CT molecular complexity index is 2130. The molecule has 0 atom stereocenters. The van der Waals surface area contributed by atoms with Gasteiger partial charge in [-0.1, -0.05) is 64.1 Å². The third-order valence-corrected chi connectivity index (χ3v) is 8.53. The first kappa shape index (κ1) is 23.3. The maximum Gasteiger partial charge on any atom is 0.109 e. The van der Waals surface area contributed by atoms with Crippen molar-refractivity contribution in [3.05, 3.63) is 83.7 Å².